The molecule has 21 heavy (non-hydrogen) atoms. The number of aliphatic carboxylic acids is 1. The molecule has 2 N–H and O–H groups in total. The standard InChI is InChI=1S/C16H30N2O3/c1-5-18-8-6-13(7-9-18)11-17-14(19)10-16(4,12(2)3)15(20)21/h12-13H,5-11H2,1-4H3,(H,17,19)(H,20,21). The lowest BCUT2D eigenvalue weighted by Crippen LogP contribution is -2.42. The Kier molecular flexibility index (Phi) is 6.65. The summed E-state index contributed by atoms with van der Waals surface area (Å²) in [6, 6.07) is 0. The zero-order valence-electron chi connectivity index (χ0n) is 13.8. The molecule has 0 aromatic carbocycles. The Balaban J connectivity index is 2.39. The molecule has 1 heterocycles. The van der Waals surface area contributed by atoms with Crippen LogP contribution in [0.25, 0.3) is 0 Å². The van der Waals surface area contributed by atoms with Gasteiger partial charge in [0.25, 0.3) is 0 Å². The molecule has 1 aliphatic rings. The first-order valence-electron chi connectivity index (χ1n) is 8.02. The van der Waals surface area contributed by atoms with Crippen LogP contribution in [0.5, 0.6) is 0 Å². The number of likely N-dealkylation sites (tertiary alicyclic amines) is 1. The van der Waals surface area contributed by atoms with Crippen LogP contribution in [-0.2, 0) is 9.59 Å². The predicted molar refractivity (Wildman–Crippen MR) is 83.0 cm³/mol. The van der Waals surface area contributed by atoms with Crippen molar-refractivity contribution in [2.45, 2.75) is 47.0 Å². The van der Waals surface area contributed by atoms with Crippen LogP contribution in [0.3, 0.4) is 0 Å². The highest BCUT2D eigenvalue weighted by Gasteiger charge is 2.38. The number of nitrogens with one attached hydrogen (secondary N) is 1. The molecule has 1 amide bonds. The fourth-order valence-corrected chi connectivity index (χ4v) is 2.69. The fraction of sp³-hybridized carbons (Fsp3) is 0.875. The molecule has 1 atom stereocenters. The Bertz CT molecular complexity index is 363. The molecular weight excluding hydrogens is 268 g/mol. The monoisotopic (exact) mass is 298 g/mol. The van der Waals surface area contributed by atoms with E-state index >= 15 is 0 Å². The Morgan fingerprint density at radius 1 is 1.33 bits per heavy atom. The number of amides is 1. The first-order valence-corrected chi connectivity index (χ1v) is 8.02. The second-order valence-corrected chi connectivity index (χ2v) is 6.74. The quantitative estimate of drug-likeness (QED) is 0.754. The van der Waals surface area contributed by atoms with Gasteiger partial charge in [-0.05, 0) is 51.2 Å². The van der Waals surface area contributed by atoms with Crippen LogP contribution >= 0.6 is 0 Å². The smallest absolute Gasteiger partial charge is 0.310 e. The summed E-state index contributed by atoms with van der Waals surface area (Å²) in [6.07, 6.45) is 2.26. The van der Waals surface area contributed by atoms with E-state index in [1.807, 2.05) is 13.8 Å². The molecule has 1 saturated heterocycles. The van der Waals surface area contributed by atoms with Crippen molar-refractivity contribution in [1.82, 2.24) is 10.2 Å². The Labute approximate surface area is 128 Å². The molecule has 5 heteroatoms. The SMILES string of the molecule is CCN1CCC(CNC(=O)CC(C)(C(=O)O)C(C)C)CC1. The van der Waals surface area contributed by atoms with Crippen LogP contribution in [0.2, 0.25) is 0 Å². The lowest BCUT2D eigenvalue weighted by atomic mass is 9.76. The van der Waals surface area contributed by atoms with Crippen molar-refractivity contribution < 1.29 is 14.7 Å². The number of hydrogen-bond acceptors (Lipinski definition) is 3. The van der Waals surface area contributed by atoms with Gasteiger partial charge in [0.05, 0.1) is 5.41 Å². The van der Waals surface area contributed by atoms with Gasteiger partial charge in [-0.1, -0.05) is 20.8 Å². The molecule has 1 unspecified atom stereocenters. The average molecular weight is 298 g/mol. The summed E-state index contributed by atoms with van der Waals surface area (Å²) >= 11 is 0. The Morgan fingerprint density at radius 2 is 1.90 bits per heavy atom. The number of nitrogens with zero attached hydrogens (tertiary/aromatic N) is 1. The highest BCUT2D eigenvalue weighted by atomic mass is 16.4. The molecule has 1 rings (SSSR count). The van der Waals surface area contributed by atoms with Crippen molar-refractivity contribution >= 4 is 11.9 Å². The lowest BCUT2D eigenvalue weighted by molar-refractivity contribution is -0.153. The van der Waals surface area contributed by atoms with E-state index in [4.69, 9.17) is 0 Å². The zero-order valence-corrected chi connectivity index (χ0v) is 13.8. The molecule has 1 fully saturated rings. The van der Waals surface area contributed by atoms with Crippen molar-refractivity contribution in [3.05, 3.63) is 0 Å². The predicted octanol–water partition coefficient (Wildman–Crippen LogP) is 1.97. The van der Waals surface area contributed by atoms with Gasteiger partial charge in [-0.3, -0.25) is 9.59 Å². The van der Waals surface area contributed by atoms with Crippen molar-refractivity contribution in [3.8, 4) is 0 Å². The number of carboxylic acids is 1. The van der Waals surface area contributed by atoms with Gasteiger partial charge in [-0.15, -0.1) is 0 Å². The van der Waals surface area contributed by atoms with Crippen molar-refractivity contribution in [3.63, 3.8) is 0 Å². The first kappa shape index (κ1) is 18.0. The molecule has 0 bridgehead atoms. The molecule has 0 radical (unpaired) electrons. The van der Waals surface area contributed by atoms with E-state index in [1.165, 1.54) is 0 Å². The maximum absolute atomic E-state index is 12.0. The van der Waals surface area contributed by atoms with Gasteiger partial charge in [0.1, 0.15) is 0 Å². The van der Waals surface area contributed by atoms with Gasteiger partial charge in [0, 0.05) is 13.0 Å². The second kappa shape index (κ2) is 7.78. The molecule has 5 nitrogen and oxygen atoms in total. The zero-order chi connectivity index (χ0) is 16.0. The number of carboxylic acid groups (broad SMARTS) is 1. The maximum atomic E-state index is 12.0. The Morgan fingerprint density at radius 3 is 2.33 bits per heavy atom. The maximum Gasteiger partial charge on any atom is 0.310 e. The van der Waals surface area contributed by atoms with Gasteiger partial charge >= 0.3 is 5.97 Å². The Hall–Kier alpha value is -1.10. The summed E-state index contributed by atoms with van der Waals surface area (Å²) in [6.45, 7) is 11.5. The number of hydrogen-bond donors (Lipinski definition) is 2. The molecule has 0 saturated carbocycles. The van der Waals surface area contributed by atoms with E-state index in [0.29, 0.717) is 12.5 Å². The number of carbonyl (C=O) groups excluding carboxylic acids is 1. The third-order valence-corrected chi connectivity index (χ3v) is 5.03. The molecule has 0 aromatic rings. The van der Waals surface area contributed by atoms with Gasteiger partial charge in [-0.2, -0.15) is 0 Å². The minimum atomic E-state index is -0.990. The molecule has 0 aliphatic carbocycles. The van der Waals surface area contributed by atoms with E-state index in [1.54, 1.807) is 6.92 Å². The lowest BCUT2D eigenvalue weighted by Gasteiger charge is -2.32. The topological polar surface area (TPSA) is 69.6 Å². The van der Waals surface area contributed by atoms with E-state index in [9.17, 15) is 14.7 Å². The minimum absolute atomic E-state index is 0.0494. The summed E-state index contributed by atoms with van der Waals surface area (Å²) in [7, 11) is 0. The van der Waals surface area contributed by atoms with Crippen molar-refractivity contribution in [1.29, 1.82) is 0 Å². The highest BCUT2D eigenvalue weighted by molar-refractivity contribution is 5.84. The highest BCUT2D eigenvalue weighted by Crippen LogP contribution is 2.31. The minimum Gasteiger partial charge on any atom is -0.481 e. The van der Waals surface area contributed by atoms with Crippen LogP contribution in [-0.4, -0.2) is 48.1 Å². The molecule has 0 aromatic heterocycles. The van der Waals surface area contributed by atoms with Crippen LogP contribution in [0, 0.1) is 17.3 Å². The van der Waals surface area contributed by atoms with E-state index in [0.717, 1.165) is 32.5 Å². The average Bonchev–Trinajstić information content (AvgIpc) is 2.45. The number of carbonyl (C=O) groups is 2. The second-order valence-electron chi connectivity index (χ2n) is 6.74. The third-order valence-electron chi connectivity index (χ3n) is 5.03. The number of rotatable bonds is 7. The van der Waals surface area contributed by atoms with Crippen LogP contribution in [0.1, 0.15) is 47.0 Å². The number of piperidine rings is 1. The van der Waals surface area contributed by atoms with Gasteiger partial charge in [0.2, 0.25) is 5.91 Å². The molecule has 122 valence electrons. The summed E-state index contributed by atoms with van der Waals surface area (Å²) < 4.78 is 0. The largest absolute Gasteiger partial charge is 0.481 e. The van der Waals surface area contributed by atoms with E-state index in [-0.39, 0.29) is 18.2 Å². The first-order chi connectivity index (χ1) is 9.79. The van der Waals surface area contributed by atoms with Gasteiger partial charge < -0.3 is 15.3 Å². The van der Waals surface area contributed by atoms with Gasteiger partial charge in [-0.25, -0.2) is 0 Å². The van der Waals surface area contributed by atoms with E-state index < -0.39 is 11.4 Å². The molecular formula is C16H30N2O3. The summed E-state index contributed by atoms with van der Waals surface area (Å²) in [5.74, 6) is -0.601. The van der Waals surface area contributed by atoms with Crippen LogP contribution in [0.4, 0.5) is 0 Å². The van der Waals surface area contributed by atoms with Crippen LogP contribution < -0.4 is 5.32 Å². The van der Waals surface area contributed by atoms with Gasteiger partial charge in [0.15, 0.2) is 0 Å². The third kappa shape index (κ3) is 4.99. The van der Waals surface area contributed by atoms with E-state index in [2.05, 4.69) is 17.1 Å². The van der Waals surface area contributed by atoms with Crippen LogP contribution in [0.15, 0.2) is 0 Å². The summed E-state index contributed by atoms with van der Waals surface area (Å²) in [5.41, 5.74) is -0.990. The fourth-order valence-electron chi connectivity index (χ4n) is 2.69. The van der Waals surface area contributed by atoms with Crippen molar-refractivity contribution in [2.75, 3.05) is 26.2 Å². The normalized spacial score (nSPS) is 20.2. The molecule has 1 aliphatic heterocycles. The summed E-state index contributed by atoms with van der Waals surface area (Å²) in [4.78, 5) is 25.8. The van der Waals surface area contributed by atoms with Crippen molar-refractivity contribution in [2.24, 2.45) is 17.3 Å². The molecule has 0 spiro atoms. The summed E-state index contributed by atoms with van der Waals surface area (Å²) in [5, 5.41) is 12.3.